The van der Waals surface area contributed by atoms with Crippen LogP contribution in [-0.4, -0.2) is 15.7 Å². The maximum absolute atomic E-state index is 10.5. The zero-order valence-corrected chi connectivity index (χ0v) is 11.7. The molecule has 2 aromatic carbocycles. The van der Waals surface area contributed by atoms with E-state index in [2.05, 4.69) is 4.98 Å². The molecule has 3 aromatic rings. The second-order valence-electron chi connectivity index (χ2n) is 5.12. The number of hydrogen-bond acceptors (Lipinski definition) is 3. The highest BCUT2D eigenvalue weighted by atomic mass is 16.3. The van der Waals surface area contributed by atoms with Crippen LogP contribution in [-0.2, 0) is 0 Å². The van der Waals surface area contributed by atoms with Gasteiger partial charge in [-0.3, -0.25) is 0 Å². The number of aliphatic hydroxyl groups is 1. The lowest BCUT2D eigenvalue weighted by Gasteiger charge is -2.24. The van der Waals surface area contributed by atoms with E-state index < -0.39 is 11.5 Å². The number of H-pyrrole nitrogens is 1. The van der Waals surface area contributed by atoms with Crippen molar-refractivity contribution in [3.8, 4) is 12.1 Å². The Morgan fingerprint density at radius 2 is 1.59 bits per heavy atom. The molecule has 0 unspecified atom stereocenters. The molecule has 2 N–H and O–H groups in total. The first kappa shape index (κ1) is 13.9. The number of aromatic amines is 1. The fraction of sp³-hybridized carbons (Fsp3) is 0.111. The quantitative estimate of drug-likeness (QED) is 0.726. The summed E-state index contributed by atoms with van der Waals surface area (Å²) in [7, 11) is 0. The van der Waals surface area contributed by atoms with Crippen LogP contribution in [0.1, 0.15) is 17.0 Å². The average Bonchev–Trinajstić information content (AvgIpc) is 3.00. The Morgan fingerprint density at radius 3 is 2.27 bits per heavy atom. The minimum Gasteiger partial charge on any atom is -0.363 e. The van der Waals surface area contributed by atoms with E-state index in [0.29, 0.717) is 0 Å². The Balaban J connectivity index is 2.28. The molecule has 1 aromatic heterocycles. The number of nitrogens with zero attached hydrogens (tertiary/aromatic N) is 2. The lowest BCUT2D eigenvalue weighted by Crippen LogP contribution is -2.33. The van der Waals surface area contributed by atoms with Crippen molar-refractivity contribution in [2.45, 2.75) is 11.5 Å². The summed E-state index contributed by atoms with van der Waals surface area (Å²) in [5.74, 6) is -0.750. The summed E-state index contributed by atoms with van der Waals surface area (Å²) in [4.78, 5) is 3.13. The minimum absolute atomic E-state index is 0.720. The Labute approximate surface area is 127 Å². The second kappa shape index (κ2) is 5.37. The summed E-state index contributed by atoms with van der Waals surface area (Å²) in [5, 5.41) is 30.1. The number of fused-ring (bicyclic) bond motifs is 1. The molecule has 0 bridgehead atoms. The lowest BCUT2D eigenvalue weighted by molar-refractivity contribution is 0.140. The van der Waals surface area contributed by atoms with Gasteiger partial charge in [-0.05, 0) is 17.2 Å². The summed E-state index contributed by atoms with van der Waals surface area (Å²) in [6.45, 7) is 0. The van der Waals surface area contributed by atoms with Gasteiger partial charge in [-0.25, -0.2) is 0 Å². The molecule has 0 saturated heterocycles. The van der Waals surface area contributed by atoms with Crippen molar-refractivity contribution in [3.05, 3.63) is 71.9 Å². The second-order valence-corrected chi connectivity index (χ2v) is 5.12. The average molecular weight is 287 g/mol. The van der Waals surface area contributed by atoms with E-state index in [4.69, 9.17) is 0 Å². The molecule has 106 valence electrons. The van der Waals surface area contributed by atoms with Crippen LogP contribution in [0.5, 0.6) is 0 Å². The summed E-state index contributed by atoms with van der Waals surface area (Å²) in [6.07, 6.45) is 1.75. The van der Waals surface area contributed by atoms with Crippen LogP contribution < -0.4 is 0 Å². The van der Waals surface area contributed by atoms with Gasteiger partial charge in [0.2, 0.25) is 5.60 Å². The van der Waals surface area contributed by atoms with Crippen LogP contribution in [0.15, 0.2) is 60.8 Å². The highest BCUT2D eigenvalue weighted by Crippen LogP contribution is 2.38. The molecule has 0 aliphatic carbocycles. The zero-order valence-electron chi connectivity index (χ0n) is 11.7. The molecule has 0 saturated carbocycles. The molecular formula is C18H13N3O. The van der Waals surface area contributed by atoms with Gasteiger partial charge in [-0.1, -0.05) is 48.5 Å². The van der Waals surface area contributed by atoms with E-state index in [0.717, 1.165) is 22.0 Å². The van der Waals surface area contributed by atoms with Gasteiger partial charge in [0, 0.05) is 17.1 Å². The van der Waals surface area contributed by atoms with Gasteiger partial charge in [-0.2, -0.15) is 10.5 Å². The largest absolute Gasteiger partial charge is 0.363 e. The van der Waals surface area contributed by atoms with Crippen LogP contribution in [0, 0.1) is 22.7 Å². The maximum Gasteiger partial charge on any atom is 0.249 e. The van der Waals surface area contributed by atoms with Gasteiger partial charge < -0.3 is 10.1 Å². The van der Waals surface area contributed by atoms with Crippen molar-refractivity contribution in [1.82, 2.24) is 4.98 Å². The summed E-state index contributed by atoms with van der Waals surface area (Å²) in [5.41, 5.74) is 0.216. The third-order valence-electron chi connectivity index (χ3n) is 3.82. The van der Waals surface area contributed by atoms with Crippen molar-refractivity contribution in [3.63, 3.8) is 0 Å². The van der Waals surface area contributed by atoms with E-state index in [-0.39, 0.29) is 0 Å². The normalized spacial score (nSPS) is 12.5. The summed E-state index contributed by atoms with van der Waals surface area (Å²) in [6, 6.07) is 20.3. The van der Waals surface area contributed by atoms with Crippen molar-refractivity contribution < 1.29 is 5.11 Å². The first-order chi connectivity index (χ1) is 10.7. The molecule has 3 rings (SSSR count). The molecule has 1 atom stereocenters. The van der Waals surface area contributed by atoms with E-state index in [1.54, 1.807) is 18.3 Å². The van der Waals surface area contributed by atoms with Crippen molar-refractivity contribution >= 4 is 10.9 Å². The number of hydrogen-bond donors (Lipinski definition) is 2. The standard InChI is InChI=1S/C18H13N3O/c19-11-18(22,12-20)17(13-6-2-1-3-7-13)15-10-21-16-9-5-4-8-14(15)16/h1-10,17,21-22H/t17-/m0/s1. The molecule has 4 heteroatoms. The Bertz CT molecular complexity index is 870. The fourth-order valence-electron chi connectivity index (χ4n) is 2.78. The van der Waals surface area contributed by atoms with Crippen LogP contribution >= 0.6 is 0 Å². The molecule has 0 fully saturated rings. The van der Waals surface area contributed by atoms with Gasteiger partial charge in [0.25, 0.3) is 0 Å². The molecule has 1 heterocycles. The van der Waals surface area contributed by atoms with Crippen LogP contribution in [0.4, 0.5) is 0 Å². The van der Waals surface area contributed by atoms with Gasteiger partial charge in [0.05, 0.1) is 5.92 Å². The maximum atomic E-state index is 10.5. The monoisotopic (exact) mass is 287 g/mol. The number of benzene rings is 2. The highest BCUT2D eigenvalue weighted by Gasteiger charge is 2.40. The highest BCUT2D eigenvalue weighted by molar-refractivity contribution is 5.84. The smallest absolute Gasteiger partial charge is 0.249 e. The molecule has 0 spiro atoms. The molecule has 0 aliphatic heterocycles. The molecule has 0 radical (unpaired) electrons. The van der Waals surface area contributed by atoms with Gasteiger partial charge in [-0.15, -0.1) is 0 Å². The van der Waals surface area contributed by atoms with E-state index >= 15 is 0 Å². The number of nitriles is 2. The number of aromatic nitrogens is 1. The Kier molecular flexibility index (Phi) is 3.39. The fourth-order valence-corrected chi connectivity index (χ4v) is 2.78. The summed E-state index contributed by atoms with van der Waals surface area (Å²) >= 11 is 0. The third kappa shape index (κ3) is 2.13. The topological polar surface area (TPSA) is 83.6 Å². The number of nitrogens with one attached hydrogen (secondary N) is 1. The SMILES string of the molecule is N#CC(O)(C#N)[C@@H](c1ccccc1)c1c[nH]c2ccccc12. The third-order valence-corrected chi connectivity index (χ3v) is 3.82. The minimum atomic E-state index is -2.13. The first-order valence-electron chi connectivity index (χ1n) is 6.85. The van der Waals surface area contributed by atoms with Crippen LogP contribution in [0.2, 0.25) is 0 Å². The molecule has 0 aliphatic rings. The molecular weight excluding hydrogens is 274 g/mol. The van der Waals surface area contributed by atoms with Gasteiger partial charge in [0.15, 0.2) is 0 Å². The van der Waals surface area contributed by atoms with Gasteiger partial charge in [0.1, 0.15) is 12.1 Å². The van der Waals surface area contributed by atoms with Gasteiger partial charge >= 0.3 is 0 Å². The first-order valence-corrected chi connectivity index (χ1v) is 6.85. The van der Waals surface area contributed by atoms with Crippen molar-refractivity contribution in [2.75, 3.05) is 0 Å². The molecule has 22 heavy (non-hydrogen) atoms. The number of rotatable bonds is 3. The number of para-hydroxylation sites is 1. The predicted molar refractivity (Wildman–Crippen MR) is 82.8 cm³/mol. The van der Waals surface area contributed by atoms with Crippen LogP contribution in [0.25, 0.3) is 10.9 Å². The lowest BCUT2D eigenvalue weighted by atomic mass is 9.79. The predicted octanol–water partition coefficient (Wildman–Crippen LogP) is 3.08. The van der Waals surface area contributed by atoms with E-state index in [1.807, 2.05) is 54.6 Å². The van der Waals surface area contributed by atoms with E-state index in [9.17, 15) is 15.6 Å². The zero-order chi connectivity index (χ0) is 15.6. The Morgan fingerprint density at radius 1 is 0.955 bits per heavy atom. The van der Waals surface area contributed by atoms with Crippen molar-refractivity contribution in [2.24, 2.45) is 0 Å². The Hall–Kier alpha value is -3.08. The van der Waals surface area contributed by atoms with E-state index in [1.165, 1.54) is 0 Å². The molecule has 4 nitrogen and oxygen atoms in total. The molecule has 0 amide bonds. The summed E-state index contributed by atoms with van der Waals surface area (Å²) < 4.78 is 0. The van der Waals surface area contributed by atoms with Crippen LogP contribution in [0.3, 0.4) is 0 Å². The van der Waals surface area contributed by atoms with Crippen molar-refractivity contribution in [1.29, 1.82) is 10.5 Å².